The van der Waals surface area contributed by atoms with Crippen LogP contribution in [0.2, 0.25) is 0 Å². The number of rotatable bonds is 5. The van der Waals surface area contributed by atoms with Crippen molar-refractivity contribution >= 4 is 26.9 Å². The topological polar surface area (TPSA) is 25.2 Å². The highest BCUT2D eigenvalue weighted by atomic mass is 79.9. The Kier molecular flexibility index (Phi) is 4.15. The van der Waals surface area contributed by atoms with Gasteiger partial charge in [0.1, 0.15) is 11.3 Å². The van der Waals surface area contributed by atoms with Crippen LogP contribution in [0, 0.1) is 19.8 Å². The van der Waals surface area contributed by atoms with Crippen LogP contribution in [0.1, 0.15) is 55.1 Å². The molecular weight excluding hydrogens is 326 g/mol. The first kappa shape index (κ1) is 15.1. The lowest BCUT2D eigenvalue weighted by molar-refractivity contribution is 0.481. The Bertz CT molecular complexity index is 668. The van der Waals surface area contributed by atoms with Gasteiger partial charge in [0.2, 0.25) is 0 Å². The van der Waals surface area contributed by atoms with Crippen LogP contribution in [0.25, 0.3) is 11.0 Å². The Hall–Kier alpha value is -0.800. The van der Waals surface area contributed by atoms with Crippen molar-refractivity contribution in [3.8, 4) is 0 Å². The van der Waals surface area contributed by atoms with Gasteiger partial charge in [-0.2, -0.15) is 0 Å². The molecule has 1 fully saturated rings. The lowest BCUT2D eigenvalue weighted by Gasteiger charge is -2.08. The molecule has 0 radical (unpaired) electrons. The van der Waals surface area contributed by atoms with Crippen LogP contribution in [0.3, 0.4) is 0 Å². The second-order valence-electron chi connectivity index (χ2n) is 6.74. The Morgan fingerprint density at radius 2 is 2.05 bits per heavy atom. The van der Waals surface area contributed by atoms with Crippen LogP contribution < -0.4 is 5.32 Å². The van der Waals surface area contributed by atoms with Crippen LogP contribution in [-0.2, 0) is 6.54 Å². The van der Waals surface area contributed by atoms with E-state index in [1.54, 1.807) is 0 Å². The number of fused-ring (bicyclic) bond motifs is 1. The van der Waals surface area contributed by atoms with Gasteiger partial charge in [-0.3, -0.25) is 0 Å². The van der Waals surface area contributed by atoms with Gasteiger partial charge in [0, 0.05) is 15.4 Å². The summed E-state index contributed by atoms with van der Waals surface area (Å²) >= 11 is 3.73. The number of aryl methyl sites for hydroxylation is 2. The van der Waals surface area contributed by atoms with Gasteiger partial charge in [-0.15, -0.1) is 0 Å². The molecule has 0 unspecified atom stereocenters. The van der Waals surface area contributed by atoms with Crippen LogP contribution >= 0.6 is 15.9 Å². The Morgan fingerprint density at radius 1 is 1.33 bits per heavy atom. The number of hydrogen-bond donors (Lipinski definition) is 1. The van der Waals surface area contributed by atoms with Crippen molar-refractivity contribution in [2.75, 3.05) is 6.54 Å². The Labute approximate surface area is 135 Å². The van der Waals surface area contributed by atoms with Crippen LogP contribution in [0.15, 0.2) is 15.0 Å². The average Bonchev–Trinajstić information content (AvgIpc) is 3.19. The summed E-state index contributed by atoms with van der Waals surface area (Å²) in [5.41, 5.74) is 5.08. The molecule has 0 amide bonds. The highest BCUT2D eigenvalue weighted by Gasteiger charge is 2.31. The molecular formula is C18H24BrNO. The molecule has 2 aromatic rings. The fraction of sp³-hybridized carbons (Fsp3) is 0.556. The first-order valence-corrected chi connectivity index (χ1v) is 8.70. The predicted octanol–water partition coefficient (Wildman–Crippen LogP) is 5.44. The third-order valence-corrected chi connectivity index (χ3v) is 5.49. The molecule has 1 aliphatic rings. The molecule has 1 saturated carbocycles. The molecule has 114 valence electrons. The van der Waals surface area contributed by atoms with E-state index in [0.29, 0.717) is 11.8 Å². The largest absolute Gasteiger partial charge is 0.459 e. The van der Waals surface area contributed by atoms with E-state index in [1.165, 1.54) is 39.4 Å². The van der Waals surface area contributed by atoms with Gasteiger partial charge in [0.15, 0.2) is 0 Å². The van der Waals surface area contributed by atoms with Crippen LogP contribution in [0.5, 0.6) is 0 Å². The number of hydrogen-bond acceptors (Lipinski definition) is 2. The molecule has 1 aliphatic carbocycles. The van der Waals surface area contributed by atoms with E-state index in [-0.39, 0.29) is 0 Å². The Morgan fingerprint density at radius 3 is 2.67 bits per heavy atom. The van der Waals surface area contributed by atoms with E-state index in [2.05, 4.69) is 55.0 Å². The molecule has 2 nitrogen and oxygen atoms in total. The average molecular weight is 350 g/mol. The Balaban J connectivity index is 2.03. The first-order chi connectivity index (χ1) is 9.99. The van der Waals surface area contributed by atoms with Gasteiger partial charge >= 0.3 is 0 Å². The third-order valence-electron chi connectivity index (χ3n) is 4.27. The van der Waals surface area contributed by atoms with Crippen LogP contribution in [-0.4, -0.2) is 6.54 Å². The summed E-state index contributed by atoms with van der Waals surface area (Å²) in [6, 6.07) is 2.17. The van der Waals surface area contributed by atoms with Crippen molar-refractivity contribution in [3.63, 3.8) is 0 Å². The van der Waals surface area contributed by atoms with Crippen molar-refractivity contribution in [1.29, 1.82) is 0 Å². The molecule has 1 N–H and O–H groups in total. The monoisotopic (exact) mass is 349 g/mol. The summed E-state index contributed by atoms with van der Waals surface area (Å²) in [6.45, 7) is 10.7. The van der Waals surface area contributed by atoms with Gasteiger partial charge < -0.3 is 9.73 Å². The van der Waals surface area contributed by atoms with E-state index in [0.717, 1.165) is 24.4 Å². The number of nitrogens with one attached hydrogen (secondary N) is 1. The summed E-state index contributed by atoms with van der Waals surface area (Å²) in [5.74, 6) is 2.51. The quantitative estimate of drug-likeness (QED) is 0.777. The first-order valence-electron chi connectivity index (χ1n) is 7.90. The van der Waals surface area contributed by atoms with Crippen molar-refractivity contribution in [3.05, 3.63) is 33.0 Å². The summed E-state index contributed by atoms with van der Waals surface area (Å²) in [7, 11) is 0. The summed E-state index contributed by atoms with van der Waals surface area (Å²) in [4.78, 5) is 0. The van der Waals surface area contributed by atoms with Gasteiger partial charge in [-0.1, -0.05) is 29.8 Å². The minimum Gasteiger partial charge on any atom is -0.459 e. The summed E-state index contributed by atoms with van der Waals surface area (Å²) < 4.78 is 7.44. The van der Waals surface area contributed by atoms with Crippen molar-refractivity contribution in [1.82, 2.24) is 5.32 Å². The maximum atomic E-state index is 6.22. The maximum absolute atomic E-state index is 6.22. The molecule has 0 atom stereocenters. The molecule has 1 aromatic carbocycles. The fourth-order valence-electron chi connectivity index (χ4n) is 3.07. The van der Waals surface area contributed by atoms with Gasteiger partial charge in [0.05, 0.1) is 6.54 Å². The van der Waals surface area contributed by atoms with Crippen LogP contribution in [0.4, 0.5) is 0 Å². The zero-order valence-electron chi connectivity index (χ0n) is 13.3. The second kappa shape index (κ2) is 5.77. The van der Waals surface area contributed by atoms with Gasteiger partial charge in [-0.25, -0.2) is 0 Å². The molecule has 0 bridgehead atoms. The summed E-state index contributed by atoms with van der Waals surface area (Å²) in [6.07, 6.45) is 2.60. The van der Waals surface area contributed by atoms with Crippen molar-refractivity contribution < 1.29 is 4.42 Å². The zero-order chi connectivity index (χ0) is 15.1. The standard InChI is InChI=1S/C18H24BrNO/c1-10(2)8-20-9-15-17(13-5-6-13)16-12(4)18(19)11(3)7-14(16)21-15/h7,10,13,20H,5-6,8-9H2,1-4H3. The zero-order valence-corrected chi connectivity index (χ0v) is 14.9. The smallest absolute Gasteiger partial charge is 0.135 e. The lowest BCUT2D eigenvalue weighted by Crippen LogP contribution is -2.19. The molecule has 1 aromatic heterocycles. The number of furan rings is 1. The molecule has 0 aliphatic heterocycles. The number of benzene rings is 1. The number of halogens is 1. The van der Waals surface area contributed by atoms with Crippen molar-refractivity contribution in [2.24, 2.45) is 5.92 Å². The van der Waals surface area contributed by atoms with E-state index in [1.807, 2.05) is 0 Å². The van der Waals surface area contributed by atoms with E-state index in [9.17, 15) is 0 Å². The fourth-order valence-corrected chi connectivity index (χ4v) is 3.39. The molecule has 21 heavy (non-hydrogen) atoms. The van der Waals surface area contributed by atoms with E-state index in [4.69, 9.17) is 4.42 Å². The maximum Gasteiger partial charge on any atom is 0.135 e. The molecule has 3 rings (SSSR count). The highest BCUT2D eigenvalue weighted by Crippen LogP contribution is 2.48. The third kappa shape index (κ3) is 2.91. The van der Waals surface area contributed by atoms with Gasteiger partial charge in [-0.05, 0) is 62.3 Å². The molecule has 3 heteroatoms. The second-order valence-corrected chi connectivity index (χ2v) is 7.54. The van der Waals surface area contributed by atoms with E-state index >= 15 is 0 Å². The SMILES string of the molecule is Cc1cc2oc(CNCC(C)C)c(C3CC3)c2c(C)c1Br. The van der Waals surface area contributed by atoms with E-state index < -0.39 is 0 Å². The predicted molar refractivity (Wildman–Crippen MR) is 91.9 cm³/mol. The van der Waals surface area contributed by atoms with Crippen molar-refractivity contribution in [2.45, 2.75) is 53.0 Å². The molecule has 0 saturated heterocycles. The molecule has 1 heterocycles. The summed E-state index contributed by atoms with van der Waals surface area (Å²) in [5, 5.41) is 4.87. The minimum absolute atomic E-state index is 0.664. The highest BCUT2D eigenvalue weighted by molar-refractivity contribution is 9.10. The lowest BCUT2D eigenvalue weighted by atomic mass is 10.00. The van der Waals surface area contributed by atoms with Gasteiger partial charge in [0.25, 0.3) is 0 Å². The molecule has 0 spiro atoms. The normalized spacial score (nSPS) is 15.3. The minimum atomic E-state index is 0.664.